The highest BCUT2D eigenvalue weighted by atomic mass is 32.1. The second-order valence-corrected chi connectivity index (χ2v) is 8.66. The molecule has 1 aliphatic heterocycles. The number of hydrogen-bond acceptors (Lipinski definition) is 7. The summed E-state index contributed by atoms with van der Waals surface area (Å²) in [5.74, 6) is -0.371. The van der Waals surface area contributed by atoms with Gasteiger partial charge in [0.2, 0.25) is 5.91 Å². The molecule has 0 radical (unpaired) electrons. The second-order valence-electron chi connectivity index (χ2n) is 7.63. The van der Waals surface area contributed by atoms with Crippen molar-refractivity contribution in [3.63, 3.8) is 0 Å². The Hall–Kier alpha value is -3.46. The van der Waals surface area contributed by atoms with Crippen molar-refractivity contribution in [2.45, 2.75) is 32.4 Å². The van der Waals surface area contributed by atoms with E-state index in [1.165, 1.54) is 18.1 Å². The molecule has 3 aromatic rings. The molecule has 4 heterocycles. The number of carbonyl (C=O) groups is 2. The van der Waals surface area contributed by atoms with Crippen LogP contribution in [0.5, 0.6) is 5.75 Å². The van der Waals surface area contributed by atoms with Crippen LogP contribution < -0.4 is 10.3 Å². The van der Waals surface area contributed by atoms with Gasteiger partial charge in [-0.2, -0.15) is 0 Å². The zero-order valence-corrected chi connectivity index (χ0v) is 19.2. The molecule has 3 aromatic heterocycles. The number of thiophene rings is 1. The Morgan fingerprint density at radius 1 is 1.15 bits per heavy atom. The summed E-state index contributed by atoms with van der Waals surface area (Å²) in [6, 6.07) is 10.7. The van der Waals surface area contributed by atoms with Gasteiger partial charge in [-0.05, 0) is 30.0 Å². The standard InChI is InChI=1S/C24H25N3O5S/c1-31-24(30)23-19-9-11-26(21(28)8-7-18-6-4-14-33-18)12-13-27(19)22(29)15-20(23)32-16-17-5-2-3-10-25-17/h2-6,10,14-15H,7-9,11-13,16H2,1H3. The van der Waals surface area contributed by atoms with Gasteiger partial charge in [-0.25, -0.2) is 4.79 Å². The first-order valence-electron chi connectivity index (χ1n) is 10.7. The van der Waals surface area contributed by atoms with E-state index >= 15 is 0 Å². The van der Waals surface area contributed by atoms with Gasteiger partial charge in [-0.1, -0.05) is 12.1 Å². The molecule has 0 aliphatic carbocycles. The van der Waals surface area contributed by atoms with Gasteiger partial charge >= 0.3 is 5.97 Å². The number of amides is 1. The average molecular weight is 468 g/mol. The highest BCUT2D eigenvalue weighted by Crippen LogP contribution is 2.25. The molecule has 4 rings (SSSR count). The van der Waals surface area contributed by atoms with Gasteiger partial charge in [0.25, 0.3) is 5.56 Å². The van der Waals surface area contributed by atoms with E-state index in [0.29, 0.717) is 50.3 Å². The van der Waals surface area contributed by atoms with Gasteiger partial charge in [0, 0.05) is 55.3 Å². The van der Waals surface area contributed by atoms with Crippen molar-refractivity contribution in [1.82, 2.24) is 14.5 Å². The van der Waals surface area contributed by atoms with Crippen molar-refractivity contribution in [3.05, 3.63) is 80.2 Å². The predicted octanol–water partition coefficient (Wildman–Crippen LogP) is 2.69. The van der Waals surface area contributed by atoms with Crippen LogP contribution in [0, 0.1) is 0 Å². The maximum absolute atomic E-state index is 12.9. The summed E-state index contributed by atoms with van der Waals surface area (Å²) in [7, 11) is 1.30. The van der Waals surface area contributed by atoms with Crippen LogP contribution in [0.25, 0.3) is 0 Å². The van der Waals surface area contributed by atoms with E-state index in [2.05, 4.69) is 4.98 Å². The van der Waals surface area contributed by atoms with Gasteiger partial charge in [0.15, 0.2) is 0 Å². The quantitative estimate of drug-likeness (QED) is 0.496. The van der Waals surface area contributed by atoms with E-state index in [4.69, 9.17) is 9.47 Å². The normalized spacial score (nSPS) is 13.2. The molecule has 1 aliphatic rings. The molecule has 0 N–H and O–H groups in total. The van der Waals surface area contributed by atoms with E-state index in [1.807, 2.05) is 23.6 Å². The highest BCUT2D eigenvalue weighted by Gasteiger charge is 2.27. The van der Waals surface area contributed by atoms with Gasteiger partial charge in [0.1, 0.15) is 17.9 Å². The van der Waals surface area contributed by atoms with Crippen LogP contribution in [0.4, 0.5) is 0 Å². The van der Waals surface area contributed by atoms with Gasteiger partial charge < -0.3 is 18.9 Å². The predicted molar refractivity (Wildman–Crippen MR) is 124 cm³/mol. The fourth-order valence-corrected chi connectivity index (χ4v) is 4.62. The monoisotopic (exact) mass is 467 g/mol. The van der Waals surface area contributed by atoms with Crippen molar-refractivity contribution < 1.29 is 19.1 Å². The van der Waals surface area contributed by atoms with Crippen molar-refractivity contribution in [1.29, 1.82) is 0 Å². The fraction of sp³-hybridized carbons (Fsp3) is 0.333. The van der Waals surface area contributed by atoms with Gasteiger partial charge in [0.05, 0.1) is 12.8 Å². The minimum absolute atomic E-state index is 0.0375. The van der Waals surface area contributed by atoms with E-state index in [1.54, 1.807) is 39.1 Å². The summed E-state index contributed by atoms with van der Waals surface area (Å²) >= 11 is 1.63. The Morgan fingerprint density at radius 3 is 2.76 bits per heavy atom. The van der Waals surface area contributed by atoms with E-state index in [0.717, 1.165) is 0 Å². The largest absolute Gasteiger partial charge is 0.486 e. The first-order chi connectivity index (χ1) is 16.1. The number of esters is 1. The molecule has 9 heteroatoms. The molecule has 33 heavy (non-hydrogen) atoms. The highest BCUT2D eigenvalue weighted by molar-refractivity contribution is 7.09. The number of nitrogens with zero attached hydrogens (tertiary/aromatic N) is 3. The maximum Gasteiger partial charge on any atom is 0.343 e. The Morgan fingerprint density at radius 2 is 2.03 bits per heavy atom. The summed E-state index contributed by atoms with van der Waals surface area (Å²) in [5, 5.41) is 2.00. The molecule has 172 valence electrons. The number of pyridine rings is 2. The number of hydrogen-bond donors (Lipinski definition) is 0. The van der Waals surface area contributed by atoms with Crippen LogP contribution in [0.1, 0.15) is 33.0 Å². The van der Waals surface area contributed by atoms with E-state index in [-0.39, 0.29) is 29.4 Å². The third-order valence-corrected chi connectivity index (χ3v) is 6.54. The molecule has 1 amide bonds. The summed E-state index contributed by atoms with van der Waals surface area (Å²) in [6.45, 7) is 1.24. The molecule has 0 saturated carbocycles. The smallest absolute Gasteiger partial charge is 0.343 e. The lowest BCUT2D eigenvalue weighted by Crippen LogP contribution is -2.34. The van der Waals surface area contributed by atoms with Crippen LogP contribution in [0.15, 0.2) is 52.8 Å². The summed E-state index contributed by atoms with van der Waals surface area (Å²) in [6.07, 6.45) is 3.11. The van der Waals surface area contributed by atoms with E-state index < -0.39 is 5.97 Å². The van der Waals surface area contributed by atoms with Gasteiger partial charge in [-0.15, -0.1) is 11.3 Å². The third-order valence-electron chi connectivity index (χ3n) is 5.60. The van der Waals surface area contributed by atoms with Crippen LogP contribution in [0.2, 0.25) is 0 Å². The van der Waals surface area contributed by atoms with Crippen LogP contribution in [0.3, 0.4) is 0 Å². The molecule has 0 unspecified atom stereocenters. The minimum Gasteiger partial charge on any atom is -0.486 e. The average Bonchev–Trinajstić information content (AvgIpc) is 3.26. The lowest BCUT2D eigenvalue weighted by Gasteiger charge is -2.19. The lowest BCUT2D eigenvalue weighted by molar-refractivity contribution is -0.131. The molecule has 8 nitrogen and oxygen atoms in total. The first kappa shape index (κ1) is 22.7. The van der Waals surface area contributed by atoms with E-state index in [9.17, 15) is 14.4 Å². The number of fused-ring (bicyclic) bond motifs is 1. The summed E-state index contributed by atoms with van der Waals surface area (Å²) < 4.78 is 12.4. The molecule has 0 spiro atoms. The number of carbonyl (C=O) groups excluding carboxylic acids is 2. The lowest BCUT2D eigenvalue weighted by atomic mass is 10.1. The summed E-state index contributed by atoms with van der Waals surface area (Å²) in [5.41, 5.74) is 1.15. The fourth-order valence-electron chi connectivity index (χ4n) is 3.91. The Bertz CT molecular complexity index is 1170. The zero-order chi connectivity index (χ0) is 23.2. The molecule has 0 aromatic carbocycles. The molecular formula is C24H25N3O5S. The van der Waals surface area contributed by atoms with Crippen LogP contribution in [-0.2, 0) is 35.5 Å². The molecule has 0 fully saturated rings. The SMILES string of the molecule is COC(=O)c1c(OCc2ccccn2)cc(=O)n2c1CCN(C(=O)CCc1cccs1)CC2. The number of rotatable bonds is 7. The first-order valence-corrected chi connectivity index (χ1v) is 11.6. The van der Waals surface area contributed by atoms with Gasteiger partial charge in [-0.3, -0.25) is 14.6 Å². The Kier molecular flexibility index (Phi) is 7.19. The molecular weight excluding hydrogens is 442 g/mol. The Balaban J connectivity index is 1.55. The summed E-state index contributed by atoms with van der Waals surface area (Å²) in [4.78, 5) is 45.5. The number of ether oxygens (including phenoxy) is 2. The maximum atomic E-state index is 12.9. The number of aromatic nitrogens is 2. The van der Waals surface area contributed by atoms with Crippen molar-refractivity contribution in [2.24, 2.45) is 0 Å². The zero-order valence-electron chi connectivity index (χ0n) is 18.4. The topological polar surface area (TPSA) is 90.7 Å². The van der Waals surface area contributed by atoms with Crippen molar-refractivity contribution in [3.8, 4) is 5.75 Å². The van der Waals surface area contributed by atoms with Crippen molar-refractivity contribution in [2.75, 3.05) is 20.2 Å². The number of aryl methyl sites for hydroxylation is 1. The Labute approximate surface area is 195 Å². The molecule has 0 atom stereocenters. The van der Waals surface area contributed by atoms with Crippen LogP contribution >= 0.6 is 11.3 Å². The number of methoxy groups -OCH3 is 1. The van der Waals surface area contributed by atoms with Crippen LogP contribution in [-0.4, -0.2) is 46.5 Å². The molecule has 0 saturated heterocycles. The minimum atomic E-state index is -0.577. The third kappa shape index (κ3) is 5.31. The second kappa shape index (κ2) is 10.4. The molecule has 0 bridgehead atoms. The van der Waals surface area contributed by atoms with Crippen molar-refractivity contribution >= 4 is 23.2 Å².